The number of carbonyl (C=O) groups excluding carboxylic acids is 1. The van der Waals surface area contributed by atoms with Crippen molar-refractivity contribution in [2.75, 3.05) is 6.61 Å². The van der Waals surface area contributed by atoms with Gasteiger partial charge in [-0.1, -0.05) is 62.6 Å². The molecule has 2 aromatic rings. The molecule has 0 spiro atoms. The van der Waals surface area contributed by atoms with E-state index in [0.717, 1.165) is 41.0 Å². The molecule has 3 rings (SSSR count). The zero-order valence-electron chi connectivity index (χ0n) is 16.1. The maximum absolute atomic E-state index is 13.6. The van der Waals surface area contributed by atoms with Crippen LogP contribution in [-0.2, 0) is 4.79 Å². The van der Waals surface area contributed by atoms with E-state index in [0.29, 0.717) is 5.57 Å². The zero-order chi connectivity index (χ0) is 19.2. The van der Waals surface area contributed by atoms with E-state index in [2.05, 4.69) is 19.1 Å². The molecule has 27 heavy (non-hydrogen) atoms. The van der Waals surface area contributed by atoms with Crippen molar-refractivity contribution in [2.24, 2.45) is 0 Å². The van der Waals surface area contributed by atoms with Crippen molar-refractivity contribution in [3.8, 4) is 16.9 Å². The molecule has 0 radical (unpaired) electrons. The molecule has 0 saturated carbocycles. The normalized spacial score (nSPS) is 16.9. The Labute approximate surface area is 161 Å². The van der Waals surface area contributed by atoms with E-state index < -0.39 is 6.17 Å². The van der Waals surface area contributed by atoms with Gasteiger partial charge in [0.2, 0.25) is 0 Å². The van der Waals surface area contributed by atoms with Gasteiger partial charge in [0.05, 0.1) is 6.61 Å². The first-order valence-corrected chi connectivity index (χ1v) is 9.82. The lowest BCUT2D eigenvalue weighted by molar-refractivity contribution is -0.119. The van der Waals surface area contributed by atoms with Gasteiger partial charge < -0.3 is 4.74 Å². The highest BCUT2D eigenvalue weighted by Crippen LogP contribution is 2.34. The third-order valence-corrected chi connectivity index (χ3v) is 5.18. The lowest BCUT2D eigenvalue weighted by Crippen LogP contribution is -2.08. The molecule has 0 amide bonds. The molecule has 142 valence electrons. The summed E-state index contributed by atoms with van der Waals surface area (Å²) in [5.74, 6) is 0.519. The van der Waals surface area contributed by atoms with Crippen molar-refractivity contribution in [2.45, 2.75) is 52.1 Å². The van der Waals surface area contributed by atoms with E-state index in [1.165, 1.54) is 19.3 Å². The maximum atomic E-state index is 13.6. The van der Waals surface area contributed by atoms with Crippen LogP contribution in [0.25, 0.3) is 16.7 Å². The SMILES string of the molecule is CCCCCCOc1ccc(-c2ccc(C3=C(C)C(=O)C(F)C3)cc2)cc1. The van der Waals surface area contributed by atoms with Gasteiger partial charge in [-0.2, -0.15) is 0 Å². The Morgan fingerprint density at radius 2 is 1.52 bits per heavy atom. The number of ether oxygens (including phenoxy) is 1. The highest BCUT2D eigenvalue weighted by molar-refractivity contribution is 6.09. The van der Waals surface area contributed by atoms with Crippen LogP contribution in [0.15, 0.2) is 54.1 Å². The number of allylic oxidation sites excluding steroid dienone is 2. The molecule has 0 N–H and O–H groups in total. The molecular formula is C24H27FO2. The Balaban J connectivity index is 1.63. The Morgan fingerprint density at radius 1 is 0.926 bits per heavy atom. The average molecular weight is 366 g/mol. The van der Waals surface area contributed by atoms with Gasteiger partial charge in [-0.05, 0) is 53.3 Å². The van der Waals surface area contributed by atoms with Crippen LogP contribution in [0.1, 0.15) is 51.5 Å². The largest absolute Gasteiger partial charge is 0.494 e. The molecule has 0 bridgehead atoms. The van der Waals surface area contributed by atoms with E-state index >= 15 is 0 Å². The maximum Gasteiger partial charge on any atom is 0.193 e. The van der Waals surface area contributed by atoms with Crippen LogP contribution in [-0.4, -0.2) is 18.6 Å². The van der Waals surface area contributed by atoms with Crippen LogP contribution in [0, 0.1) is 0 Å². The Kier molecular flexibility index (Phi) is 6.44. The Morgan fingerprint density at radius 3 is 2.07 bits per heavy atom. The van der Waals surface area contributed by atoms with E-state index in [1.807, 2.05) is 36.4 Å². The number of hydrogen-bond acceptors (Lipinski definition) is 2. The van der Waals surface area contributed by atoms with Crippen molar-refractivity contribution < 1.29 is 13.9 Å². The van der Waals surface area contributed by atoms with Crippen molar-refractivity contribution in [1.29, 1.82) is 0 Å². The minimum atomic E-state index is -1.38. The van der Waals surface area contributed by atoms with Crippen LogP contribution in [0.4, 0.5) is 4.39 Å². The summed E-state index contributed by atoms with van der Waals surface area (Å²) < 4.78 is 19.4. The lowest BCUT2D eigenvalue weighted by Gasteiger charge is -2.09. The third-order valence-electron chi connectivity index (χ3n) is 5.18. The summed E-state index contributed by atoms with van der Waals surface area (Å²) in [5.41, 5.74) is 4.50. The van der Waals surface area contributed by atoms with E-state index in [4.69, 9.17) is 4.74 Å². The fourth-order valence-electron chi connectivity index (χ4n) is 3.47. The summed E-state index contributed by atoms with van der Waals surface area (Å²) in [6, 6.07) is 16.1. The molecule has 0 aliphatic heterocycles. The molecule has 1 aliphatic carbocycles. The smallest absolute Gasteiger partial charge is 0.193 e. The molecule has 2 nitrogen and oxygen atoms in total. The fourth-order valence-corrected chi connectivity index (χ4v) is 3.47. The molecule has 0 saturated heterocycles. The van der Waals surface area contributed by atoms with Crippen molar-refractivity contribution in [1.82, 2.24) is 0 Å². The highest BCUT2D eigenvalue weighted by atomic mass is 19.1. The first-order chi connectivity index (χ1) is 13.1. The topological polar surface area (TPSA) is 26.3 Å². The van der Waals surface area contributed by atoms with E-state index in [-0.39, 0.29) is 12.2 Å². The second-order valence-corrected chi connectivity index (χ2v) is 7.15. The van der Waals surface area contributed by atoms with Crippen molar-refractivity contribution in [3.63, 3.8) is 0 Å². The monoisotopic (exact) mass is 366 g/mol. The summed E-state index contributed by atoms with van der Waals surface area (Å²) in [7, 11) is 0. The Hall–Kier alpha value is -2.42. The van der Waals surface area contributed by atoms with Gasteiger partial charge in [-0.15, -0.1) is 0 Å². The number of unbranched alkanes of at least 4 members (excludes halogenated alkanes) is 3. The van der Waals surface area contributed by atoms with Gasteiger partial charge in [-0.3, -0.25) is 4.79 Å². The predicted molar refractivity (Wildman–Crippen MR) is 109 cm³/mol. The second kappa shape index (κ2) is 8.98. The number of carbonyl (C=O) groups is 1. The van der Waals surface area contributed by atoms with Gasteiger partial charge in [0, 0.05) is 6.42 Å². The van der Waals surface area contributed by atoms with Crippen LogP contribution >= 0.6 is 0 Å². The van der Waals surface area contributed by atoms with Crippen LogP contribution in [0.2, 0.25) is 0 Å². The van der Waals surface area contributed by atoms with E-state index in [9.17, 15) is 9.18 Å². The minimum Gasteiger partial charge on any atom is -0.494 e. The van der Waals surface area contributed by atoms with Crippen LogP contribution < -0.4 is 4.74 Å². The molecule has 2 aromatic carbocycles. The number of ketones is 1. The predicted octanol–water partition coefficient (Wildman–Crippen LogP) is 6.40. The second-order valence-electron chi connectivity index (χ2n) is 7.15. The number of benzene rings is 2. The summed E-state index contributed by atoms with van der Waals surface area (Å²) in [6.07, 6.45) is 3.60. The van der Waals surface area contributed by atoms with Crippen LogP contribution in [0.3, 0.4) is 0 Å². The quantitative estimate of drug-likeness (QED) is 0.506. The standard InChI is InChI=1S/C24H27FO2/c1-3-4-5-6-15-27-21-13-11-19(12-14-21)18-7-9-20(10-8-18)22-16-23(25)24(26)17(22)2/h7-14,23H,3-6,15-16H2,1-2H3. The molecular weight excluding hydrogens is 339 g/mol. The minimum absolute atomic E-state index is 0.189. The number of halogens is 1. The summed E-state index contributed by atoms with van der Waals surface area (Å²) in [6.45, 7) is 4.68. The average Bonchev–Trinajstić information content (AvgIpc) is 2.96. The summed E-state index contributed by atoms with van der Waals surface area (Å²) in [5, 5.41) is 0. The highest BCUT2D eigenvalue weighted by Gasteiger charge is 2.30. The number of Topliss-reactive ketones (excluding diaryl/α,β-unsaturated/α-hetero) is 1. The molecule has 1 aliphatic rings. The summed E-state index contributed by atoms with van der Waals surface area (Å²) in [4.78, 5) is 11.7. The Bertz CT molecular complexity index is 803. The summed E-state index contributed by atoms with van der Waals surface area (Å²) >= 11 is 0. The first kappa shape index (κ1) is 19.3. The molecule has 1 unspecified atom stereocenters. The zero-order valence-corrected chi connectivity index (χ0v) is 16.1. The molecule has 0 heterocycles. The first-order valence-electron chi connectivity index (χ1n) is 9.82. The van der Waals surface area contributed by atoms with E-state index in [1.54, 1.807) is 6.92 Å². The number of rotatable bonds is 8. The van der Waals surface area contributed by atoms with Gasteiger partial charge in [0.25, 0.3) is 0 Å². The van der Waals surface area contributed by atoms with Gasteiger partial charge in [0.15, 0.2) is 12.0 Å². The lowest BCUT2D eigenvalue weighted by atomic mass is 9.98. The van der Waals surface area contributed by atoms with Gasteiger partial charge in [0.1, 0.15) is 5.75 Å². The number of alkyl halides is 1. The fraction of sp³-hybridized carbons (Fsp3) is 0.375. The molecule has 3 heteroatoms. The number of hydrogen-bond donors (Lipinski definition) is 0. The van der Waals surface area contributed by atoms with Gasteiger partial charge in [-0.25, -0.2) is 4.39 Å². The third kappa shape index (κ3) is 4.65. The van der Waals surface area contributed by atoms with Gasteiger partial charge >= 0.3 is 0 Å². The molecule has 0 aromatic heterocycles. The van der Waals surface area contributed by atoms with Crippen molar-refractivity contribution >= 4 is 11.4 Å². The molecule has 0 fully saturated rings. The molecule has 1 atom stereocenters. The van der Waals surface area contributed by atoms with Crippen LogP contribution in [0.5, 0.6) is 5.75 Å². The van der Waals surface area contributed by atoms with Crippen molar-refractivity contribution in [3.05, 3.63) is 59.7 Å².